The molecule has 0 spiro atoms. The number of piperidine rings is 1. The Kier molecular flexibility index (Phi) is 7.41. The van der Waals surface area contributed by atoms with E-state index in [0.29, 0.717) is 38.4 Å². The van der Waals surface area contributed by atoms with Crippen LogP contribution >= 0.6 is 0 Å². The molecule has 7 nitrogen and oxygen atoms in total. The van der Waals surface area contributed by atoms with E-state index >= 15 is 0 Å². The molecule has 1 saturated carbocycles. The van der Waals surface area contributed by atoms with Gasteiger partial charge in [0.05, 0.1) is 24.6 Å². The third-order valence-electron chi connectivity index (χ3n) is 9.22. The van der Waals surface area contributed by atoms with E-state index in [1.165, 1.54) is 17.0 Å². The first-order valence-electron chi connectivity index (χ1n) is 14.1. The monoisotopic (exact) mass is 594 g/mol. The Morgan fingerprint density at radius 1 is 1.02 bits per heavy atom. The number of fused-ring (bicyclic) bond motifs is 1. The lowest BCUT2D eigenvalue weighted by atomic mass is 9.79. The minimum atomic E-state index is -4.74. The van der Waals surface area contributed by atoms with E-state index in [1.807, 2.05) is 0 Å². The number of carbonyl (C=O) groups is 2. The summed E-state index contributed by atoms with van der Waals surface area (Å²) in [5.74, 6) is -4.07. The average Bonchev–Trinajstić information content (AvgIpc) is 3.82. The number of alkyl halides is 3. The van der Waals surface area contributed by atoms with Gasteiger partial charge in [0.2, 0.25) is 0 Å². The van der Waals surface area contributed by atoms with Crippen molar-refractivity contribution in [1.29, 1.82) is 0 Å². The summed E-state index contributed by atoms with van der Waals surface area (Å²) in [4.78, 5) is 29.4. The Morgan fingerprint density at radius 2 is 1.76 bits per heavy atom. The van der Waals surface area contributed by atoms with Crippen LogP contribution in [-0.4, -0.2) is 64.9 Å². The molecular weight excluding hydrogens is 563 g/mol. The second-order valence-corrected chi connectivity index (χ2v) is 11.8. The molecule has 2 aromatic rings. The van der Waals surface area contributed by atoms with Gasteiger partial charge in [0.15, 0.2) is 18.3 Å². The molecule has 4 atom stereocenters. The lowest BCUT2D eigenvalue weighted by molar-refractivity contribution is -0.181. The highest BCUT2D eigenvalue weighted by atomic mass is 19.4. The van der Waals surface area contributed by atoms with Crippen molar-refractivity contribution in [3.8, 4) is 5.75 Å². The zero-order valence-corrected chi connectivity index (χ0v) is 22.7. The minimum Gasteiger partial charge on any atom is -0.481 e. The molecule has 12 heteroatoms. The second kappa shape index (κ2) is 10.8. The number of hydrogen-bond donors (Lipinski definition) is 1. The van der Waals surface area contributed by atoms with Crippen molar-refractivity contribution in [1.82, 2.24) is 9.80 Å². The molecule has 2 saturated heterocycles. The Hall–Kier alpha value is -3.25. The van der Waals surface area contributed by atoms with E-state index < -0.39 is 35.0 Å². The molecular formula is C30H31F5N2O5. The highest BCUT2D eigenvalue weighted by Gasteiger charge is 2.56. The number of halogens is 5. The largest absolute Gasteiger partial charge is 0.481 e. The number of nitrogens with zero attached hydrogens (tertiary/aromatic N) is 2. The fraction of sp³-hybridized carbons (Fsp3) is 0.533. The number of hydrogen-bond acceptors (Lipinski definition) is 5. The summed E-state index contributed by atoms with van der Waals surface area (Å²) in [6.07, 6.45) is -1.67. The van der Waals surface area contributed by atoms with Crippen molar-refractivity contribution in [3.05, 3.63) is 64.7 Å². The van der Waals surface area contributed by atoms with Gasteiger partial charge >= 0.3 is 12.1 Å². The van der Waals surface area contributed by atoms with Crippen LogP contribution in [0.15, 0.2) is 36.4 Å². The SMILES string of the molecule is O=C(O)[C@@H]1CN(C2CC[C@@](C(=O)N3COc4c(F)cc(C(F)(F)F)cc4C3)(C3CC3)OC2)CC[C@H]1c1ccc(F)cc1. The summed E-state index contributed by atoms with van der Waals surface area (Å²) in [7, 11) is 0. The van der Waals surface area contributed by atoms with Gasteiger partial charge in [-0.1, -0.05) is 12.1 Å². The lowest BCUT2D eigenvalue weighted by Gasteiger charge is -2.47. The molecule has 2 aromatic carbocycles. The molecule has 3 fully saturated rings. The lowest BCUT2D eigenvalue weighted by Crippen LogP contribution is -2.59. The first-order chi connectivity index (χ1) is 20.0. The smallest absolute Gasteiger partial charge is 0.416 e. The molecule has 3 aliphatic heterocycles. The van der Waals surface area contributed by atoms with Gasteiger partial charge in [-0.2, -0.15) is 13.2 Å². The fourth-order valence-corrected chi connectivity index (χ4v) is 6.84. The standard InChI is InChI=1S/C30H31F5N2O5/c31-21-5-1-17(2-6-21)23-8-10-36(14-24(23)27(38)39)22-7-9-29(42-15-22,19-3-4-19)28(40)37-13-18-11-20(30(33,34)35)12-25(32)26(18)41-16-37/h1-2,5-6,11-12,19,22-24H,3-4,7-10,13-16H2,(H,38,39)/t22?,23-,24+,29-/m0/s1. The molecule has 1 unspecified atom stereocenters. The predicted octanol–water partition coefficient (Wildman–Crippen LogP) is 5.18. The second-order valence-electron chi connectivity index (χ2n) is 11.8. The number of likely N-dealkylation sites (tertiary alicyclic amines) is 1. The molecule has 1 amide bonds. The van der Waals surface area contributed by atoms with Crippen molar-refractivity contribution < 1.29 is 46.1 Å². The van der Waals surface area contributed by atoms with Crippen LogP contribution in [0.1, 0.15) is 54.7 Å². The maximum Gasteiger partial charge on any atom is 0.416 e. The van der Waals surface area contributed by atoms with Crippen LogP contribution in [0.4, 0.5) is 22.0 Å². The van der Waals surface area contributed by atoms with Crippen LogP contribution < -0.4 is 4.74 Å². The van der Waals surface area contributed by atoms with E-state index in [2.05, 4.69) is 4.90 Å². The summed E-state index contributed by atoms with van der Waals surface area (Å²) in [6.45, 7) is 0.585. The topological polar surface area (TPSA) is 79.3 Å². The Labute approximate surface area is 239 Å². The van der Waals surface area contributed by atoms with Crippen molar-refractivity contribution in [3.63, 3.8) is 0 Å². The molecule has 1 aliphatic carbocycles. The molecule has 0 bridgehead atoms. The van der Waals surface area contributed by atoms with Crippen molar-refractivity contribution in [2.24, 2.45) is 11.8 Å². The van der Waals surface area contributed by atoms with Crippen LogP contribution in [-0.2, 0) is 27.0 Å². The van der Waals surface area contributed by atoms with Crippen molar-refractivity contribution in [2.75, 3.05) is 26.4 Å². The molecule has 4 aliphatic rings. The van der Waals surface area contributed by atoms with Crippen molar-refractivity contribution in [2.45, 2.75) is 62.4 Å². The van der Waals surface area contributed by atoms with Crippen LogP contribution in [0.5, 0.6) is 5.75 Å². The van der Waals surface area contributed by atoms with Gasteiger partial charge in [-0.05, 0) is 80.3 Å². The number of carboxylic acids is 1. The van der Waals surface area contributed by atoms with Crippen LogP contribution in [0.2, 0.25) is 0 Å². The van der Waals surface area contributed by atoms with Crippen LogP contribution in [0, 0.1) is 23.5 Å². The van der Waals surface area contributed by atoms with Crippen LogP contribution in [0.3, 0.4) is 0 Å². The molecule has 6 rings (SSSR count). The number of ether oxygens (including phenoxy) is 2. The number of carboxylic acid groups (broad SMARTS) is 1. The summed E-state index contributed by atoms with van der Waals surface area (Å²) < 4.78 is 79.4. The van der Waals surface area contributed by atoms with Gasteiger partial charge in [0.1, 0.15) is 11.4 Å². The van der Waals surface area contributed by atoms with E-state index in [1.54, 1.807) is 12.1 Å². The maximum atomic E-state index is 14.4. The molecule has 226 valence electrons. The first kappa shape index (κ1) is 28.9. The minimum absolute atomic E-state index is 0.0402. The van der Waals surface area contributed by atoms with E-state index in [0.717, 1.165) is 24.5 Å². The average molecular weight is 595 g/mol. The fourth-order valence-electron chi connectivity index (χ4n) is 6.84. The van der Waals surface area contributed by atoms with Crippen molar-refractivity contribution >= 4 is 11.9 Å². The van der Waals surface area contributed by atoms with E-state index in [4.69, 9.17) is 9.47 Å². The Bertz CT molecular complexity index is 1360. The quantitative estimate of drug-likeness (QED) is 0.481. The summed E-state index contributed by atoms with van der Waals surface area (Å²) in [5, 5.41) is 9.99. The third kappa shape index (κ3) is 5.34. The number of carbonyl (C=O) groups excluding carboxylic acids is 1. The van der Waals surface area contributed by atoms with E-state index in [-0.39, 0.29) is 60.8 Å². The number of benzene rings is 2. The number of aliphatic carboxylic acids is 1. The number of amides is 1. The third-order valence-corrected chi connectivity index (χ3v) is 9.22. The molecule has 0 aromatic heterocycles. The molecule has 0 radical (unpaired) electrons. The first-order valence-corrected chi connectivity index (χ1v) is 14.1. The predicted molar refractivity (Wildman–Crippen MR) is 138 cm³/mol. The zero-order valence-electron chi connectivity index (χ0n) is 22.7. The zero-order chi connectivity index (χ0) is 29.8. The summed E-state index contributed by atoms with van der Waals surface area (Å²) in [6, 6.07) is 7.03. The number of rotatable bonds is 5. The summed E-state index contributed by atoms with van der Waals surface area (Å²) >= 11 is 0. The molecule has 3 heterocycles. The maximum absolute atomic E-state index is 14.4. The molecule has 42 heavy (non-hydrogen) atoms. The van der Waals surface area contributed by atoms with Gasteiger partial charge in [-0.15, -0.1) is 0 Å². The Balaban J connectivity index is 1.14. The summed E-state index contributed by atoms with van der Waals surface area (Å²) in [5.41, 5.74) is -1.57. The highest BCUT2D eigenvalue weighted by Crippen LogP contribution is 2.49. The van der Waals surface area contributed by atoms with Gasteiger partial charge in [-0.3, -0.25) is 14.5 Å². The van der Waals surface area contributed by atoms with E-state index in [9.17, 15) is 36.6 Å². The van der Waals surface area contributed by atoms with Gasteiger partial charge in [-0.25, -0.2) is 8.78 Å². The highest BCUT2D eigenvalue weighted by molar-refractivity contribution is 5.86. The van der Waals surface area contributed by atoms with Gasteiger partial charge < -0.3 is 19.5 Å². The molecule has 1 N–H and O–H groups in total. The normalized spacial score (nSPS) is 28.6. The van der Waals surface area contributed by atoms with Gasteiger partial charge in [0, 0.05) is 18.2 Å². The van der Waals surface area contributed by atoms with Crippen LogP contribution in [0.25, 0.3) is 0 Å². The van der Waals surface area contributed by atoms with Gasteiger partial charge in [0.25, 0.3) is 5.91 Å². The Morgan fingerprint density at radius 3 is 2.38 bits per heavy atom.